The summed E-state index contributed by atoms with van der Waals surface area (Å²) in [5.41, 5.74) is 2.01. The van der Waals surface area contributed by atoms with Crippen molar-refractivity contribution >= 4 is 33.5 Å². The maximum Gasteiger partial charge on any atom is 0.162 e. The molecule has 0 radical (unpaired) electrons. The van der Waals surface area contributed by atoms with Crippen molar-refractivity contribution < 1.29 is 13.7 Å². The number of methoxy groups -OCH3 is 1. The third kappa shape index (κ3) is 5.20. The van der Waals surface area contributed by atoms with Crippen molar-refractivity contribution in [3.63, 3.8) is 0 Å². The quantitative estimate of drug-likeness (QED) is 0.415. The summed E-state index contributed by atoms with van der Waals surface area (Å²) in [6.07, 6.45) is 3.99. The van der Waals surface area contributed by atoms with Gasteiger partial charge in [0.05, 0.1) is 19.2 Å². The maximum absolute atomic E-state index is 11.2. The Morgan fingerprint density at radius 3 is 2.74 bits per heavy atom. The highest BCUT2D eigenvalue weighted by molar-refractivity contribution is 7.99. The van der Waals surface area contributed by atoms with Gasteiger partial charge in [-0.15, -0.1) is 0 Å². The van der Waals surface area contributed by atoms with Crippen LogP contribution in [-0.2, 0) is 10.8 Å². The predicted molar refractivity (Wildman–Crippen MR) is 110 cm³/mol. The second-order valence-corrected chi connectivity index (χ2v) is 8.71. The number of hydrogen-bond acceptors (Lipinski definition) is 6. The number of hydrogen-bond donors (Lipinski definition) is 0. The molecule has 1 atom stereocenters. The van der Waals surface area contributed by atoms with Gasteiger partial charge in [-0.05, 0) is 31.5 Å². The van der Waals surface area contributed by atoms with Crippen molar-refractivity contribution in [3.05, 3.63) is 48.3 Å². The minimum absolute atomic E-state index is 0.482. The molecule has 0 bridgehead atoms. The zero-order chi connectivity index (χ0) is 19.2. The third-order valence-corrected chi connectivity index (χ3v) is 5.79. The average molecular weight is 403 g/mol. The van der Waals surface area contributed by atoms with Gasteiger partial charge in [0, 0.05) is 39.2 Å². The standard InChI is InChI=1S/C20H22N2O3S2/c1-14-6-4-7-15(10-14)26-20-16-11-19(25-8-5-9-27(3)23)18(24-2)12-17(16)21-13-22-20/h4,6-7,10-13H,5,8-9H2,1-3H3. The molecule has 142 valence electrons. The Morgan fingerprint density at radius 2 is 2.00 bits per heavy atom. The molecule has 1 unspecified atom stereocenters. The van der Waals surface area contributed by atoms with Gasteiger partial charge in [-0.25, -0.2) is 9.97 Å². The Labute approximate surface area is 166 Å². The molecule has 1 heterocycles. The minimum Gasteiger partial charge on any atom is -0.493 e. The van der Waals surface area contributed by atoms with Gasteiger partial charge in [-0.2, -0.15) is 0 Å². The lowest BCUT2D eigenvalue weighted by molar-refractivity contribution is 0.295. The van der Waals surface area contributed by atoms with E-state index in [4.69, 9.17) is 9.47 Å². The molecule has 3 aromatic rings. The van der Waals surface area contributed by atoms with Crippen LogP contribution in [0.1, 0.15) is 12.0 Å². The van der Waals surface area contributed by atoms with Gasteiger partial charge in [-0.1, -0.05) is 29.5 Å². The molecule has 7 heteroatoms. The van der Waals surface area contributed by atoms with Crippen molar-refractivity contribution in [1.82, 2.24) is 9.97 Å². The van der Waals surface area contributed by atoms with Gasteiger partial charge < -0.3 is 9.47 Å². The number of aromatic nitrogens is 2. The molecule has 3 rings (SSSR count). The van der Waals surface area contributed by atoms with Crippen molar-refractivity contribution in [2.75, 3.05) is 25.7 Å². The summed E-state index contributed by atoms with van der Waals surface area (Å²) in [7, 11) is 0.794. The van der Waals surface area contributed by atoms with Gasteiger partial charge in [0.2, 0.25) is 0 Å². The number of aryl methyl sites for hydroxylation is 1. The van der Waals surface area contributed by atoms with Crippen LogP contribution in [0, 0.1) is 6.92 Å². The molecule has 0 spiro atoms. The van der Waals surface area contributed by atoms with Crippen LogP contribution < -0.4 is 9.47 Å². The molecule has 0 fully saturated rings. The topological polar surface area (TPSA) is 61.3 Å². The summed E-state index contributed by atoms with van der Waals surface area (Å²) in [6.45, 7) is 2.55. The molecule has 1 aromatic heterocycles. The lowest BCUT2D eigenvalue weighted by Crippen LogP contribution is -2.04. The maximum atomic E-state index is 11.2. The van der Waals surface area contributed by atoms with Gasteiger partial charge in [0.25, 0.3) is 0 Å². The van der Waals surface area contributed by atoms with Crippen LogP contribution in [-0.4, -0.2) is 39.9 Å². The molecular weight excluding hydrogens is 380 g/mol. The first kappa shape index (κ1) is 19.6. The Kier molecular flexibility index (Phi) is 6.68. The number of rotatable bonds is 8. The smallest absolute Gasteiger partial charge is 0.162 e. The molecule has 0 N–H and O–H groups in total. The average Bonchev–Trinajstić information content (AvgIpc) is 2.65. The van der Waals surface area contributed by atoms with Crippen molar-refractivity contribution in [2.45, 2.75) is 23.3 Å². The Hall–Kier alpha value is -2.12. The van der Waals surface area contributed by atoms with E-state index in [-0.39, 0.29) is 0 Å². The van der Waals surface area contributed by atoms with E-state index < -0.39 is 10.8 Å². The van der Waals surface area contributed by atoms with Crippen LogP contribution in [0.4, 0.5) is 0 Å². The highest BCUT2D eigenvalue weighted by Crippen LogP contribution is 2.37. The van der Waals surface area contributed by atoms with E-state index in [1.165, 1.54) is 5.56 Å². The third-order valence-electron chi connectivity index (χ3n) is 3.92. The molecule has 0 saturated heterocycles. The summed E-state index contributed by atoms with van der Waals surface area (Å²) >= 11 is 1.60. The van der Waals surface area contributed by atoms with Gasteiger partial charge in [0.1, 0.15) is 11.4 Å². The molecule has 0 amide bonds. The van der Waals surface area contributed by atoms with Gasteiger partial charge >= 0.3 is 0 Å². The van der Waals surface area contributed by atoms with Crippen molar-refractivity contribution in [3.8, 4) is 11.5 Å². The summed E-state index contributed by atoms with van der Waals surface area (Å²) < 4.78 is 22.5. The van der Waals surface area contributed by atoms with E-state index >= 15 is 0 Å². The number of benzene rings is 2. The molecular formula is C20H22N2O3S2. The highest BCUT2D eigenvalue weighted by atomic mass is 32.2. The molecule has 0 aliphatic carbocycles. The van der Waals surface area contributed by atoms with Crippen LogP contribution in [0.2, 0.25) is 0 Å². The summed E-state index contributed by atoms with van der Waals surface area (Å²) in [6, 6.07) is 12.1. The first-order valence-corrected chi connectivity index (χ1v) is 11.1. The Bertz CT molecular complexity index is 963. The molecule has 5 nitrogen and oxygen atoms in total. The van der Waals surface area contributed by atoms with Gasteiger partial charge in [-0.3, -0.25) is 4.21 Å². The van der Waals surface area contributed by atoms with Gasteiger partial charge in [0.15, 0.2) is 11.5 Å². The fourth-order valence-electron chi connectivity index (χ4n) is 2.63. The summed E-state index contributed by atoms with van der Waals surface area (Å²) in [5, 5.41) is 1.78. The zero-order valence-electron chi connectivity index (χ0n) is 15.6. The van der Waals surface area contributed by atoms with Crippen LogP contribution in [0.25, 0.3) is 10.9 Å². The first-order chi connectivity index (χ1) is 13.1. The Balaban J connectivity index is 1.90. The largest absolute Gasteiger partial charge is 0.493 e. The second-order valence-electron chi connectivity index (χ2n) is 6.10. The van der Waals surface area contributed by atoms with Crippen LogP contribution in [0.3, 0.4) is 0 Å². The highest BCUT2D eigenvalue weighted by Gasteiger charge is 2.13. The lowest BCUT2D eigenvalue weighted by atomic mass is 10.2. The Morgan fingerprint density at radius 1 is 1.15 bits per heavy atom. The zero-order valence-corrected chi connectivity index (χ0v) is 17.2. The van der Waals surface area contributed by atoms with Crippen LogP contribution >= 0.6 is 11.8 Å². The molecule has 0 aliphatic rings. The lowest BCUT2D eigenvalue weighted by Gasteiger charge is -2.13. The molecule has 27 heavy (non-hydrogen) atoms. The van der Waals surface area contributed by atoms with E-state index in [1.807, 2.05) is 18.2 Å². The monoisotopic (exact) mass is 402 g/mol. The van der Waals surface area contributed by atoms with Crippen molar-refractivity contribution in [1.29, 1.82) is 0 Å². The van der Waals surface area contributed by atoms with Crippen LogP contribution in [0.5, 0.6) is 11.5 Å². The van der Waals surface area contributed by atoms with Crippen molar-refractivity contribution in [2.24, 2.45) is 0 Å². The number of fused-ring (bicyclic) bond motifs is 1. The summed E-state index contributed by atoms with van der Waals surface area (Å²) in [4.78, 5) is 9.96. The van der Waals surface area contributed by atoms with E-state index in [1.54, 1.807) is 31.5 Å². The minimum atomic E-state index is -0.816. The first-order valence-electron chi connectivity index (χ1n) is 8.57. The van der Waals surface area contributed by atoms with E-state index in [0.29, 0.717) is 23.9 Å². The number of ether oxygens (including phenoxy) is 2. The van der Waals surface area contributed by atoms with E-state index in [2.05, 4.69) is 35.1 Å². The van der Waals surface area contributed by atoms with E-state index in [0.717, 1.165) is 27.2 Å². The number of nitrogens with zero attached hydrogens (tertiary/aromatic N) is 2. The fraction of sp³-hybridized carbons (Fsp3) is 0.300. The normalized spacial score (nSPS) is 12.1. The SMILES string of the molecule is COc1cc2ncnc(Sc3cccc(C)c3)c2cc1OCCCS(C)=O. The molecule has 0 saturated carbocycles. The summed E-state index contributed by atoms with van der Waals surface area (Å²) in [5.74, 6) is 1.89. The molecule has 2 aromatic carbocycles. The van der Waals surface area contributed by atoms with Crippen LogP contribution in [0.15, 0.2) is 52.6 Å². The molecule has 0 aliphatic heterocycles. The second kappa shape index (κ2) is 9.19. The predicted octanol–water partition coefficient (Wildman–Crippen LogP) is 4.25. The van der Waals surface area contributed by atoms with E-state index in [9.17, 15) is 4.21 Å². The fourth-order valence-corrected chi connectivity index (χ4v) is 4.14.